The van der Waals surface area contributed by atoms with Gasteiger partial charge < -0.3 is 9.73 Å². The van der Waals surface area contributed by atoms with Gasteiger partial charge in [0.25, 0.3) is 0 Å². The Morgan fingerprint density at radius 3 is 2.70 bits per heavy atom. The summed E-state index contributed by atoms with van der Waals surface area (Å²) >= 11 is 0. The number of hydrogen-bond donors (Lipinski definition) is 1. The molecule has 4 heteroatoms. The minimum absolute atomic E-state index is 0.665. The van der Waals surface area contributed by atoms with Crippen LogP contribution in [0, 0.1) is 0 Å². The molecule has 1 N–H and O–H groups in total. The quantitative estimate of drug-likeness (QED) is 0.767. The van der Waals surface area contributed by atoms with Gasteiger partial charge in [0.1, 0.15) is 11.5 Å². The lowest BCUT2D eigenvalue weighted by Crippen LogP contribution is -2.04. The summed E-state index contributed by atoms with van der Waals surface area (Å²) in [7, 11) is 0. The van der Waals surface area contributed by atoms with Crippen molar-refractivity contribution in [1.82, 2.24) is 9.78 Å². The summed E-state index contributed by atoms with van der Waals surface area (Å²) in [6, 6.07) is 14.0. The van der Waals surface area contributed by atoms with Crippen LogP contribution in [0.2, 0.25) is 0 Å². The van der Waals surface area contributed by atoms with Gasteiger partial charge >= 0.3 is 0 Å². The van der Waals surface area contributed by atoms with Gasteiger partial charge in [0.05, 0.1) is 17.9 Å². The third-order valence-electron chi connectivity index (χ3n) is 3.17. The molecular formula is C16H17N3O. The maximum absolute atomic E-state index is 5.70. The Morgan fingerprint density at radius 2 is 1.95 bits per heavy atom. The zero-order valence-electron chi connectivity index (χ0n) is 11.4. The fourth-order valence-electron chi connectivity index (χ4n) is 2.12. The lowest BCUT2D eigenvalue weighted by molar-refractivity contribution is 0.476. The smallest absolute Gasteiger partial charge is 0.123 e. The fourth-order valence-corrected chi connectivity index (χ4v) is 2.12. The molecule has 0 fully saturated rings. The van der Waals surface area contributed by atoms with Crippen LogP contribution < -0.4 is 5.32 Å². The van der Waals surface area contributed by atoms with Crippen molar-refractivity contribution in [1.29, 1.82) is 0 Å². The number of nitrogens with one attached hydrogen (secondary N) is 1. The Balaban J connectivity index is 1.77. The molecule has 2 aromatic heterocycles. The van der Waals surface area contributed by atoms with E-state index >= 15 is 0 Å². The molecule has 0 saturated carbocycles. The predicted octanol–water partition coefficient (Wildman–Crippen LogP) is 3.64. The number of aryl methyl sites for hydroxylation is 1. The lowest BCUT2D eigenvalue weighted by atomic mass is 10.2. The summed E-state index contributed by atoms with van der Waals surface area (Å²) in [5.41, 5.74) is 2.06. The van der Waals surface area contributed by atoms with Gasteiger partial charge in [-0.05, 0) is 30.3 Å². The normalized spacial score (nSPS) is 10.7. The molecule has 0 aliphatic carbocycles. The summed E-state index contributed by atoms with van der Waals surface area (Å²) in [6.45, 7) is 2.75. The molecule has 0 unspecified atom stereocenters. The number of aromatic nitrogens is 2. The molecule has 0 bridgehead atoms. The molecule has 3 rings (SSSR count). The summed E-state index contributed by atoms with van der Waals surface area (Å²) in [5.74, 6) is 1.96. The highest BCUT2D eigenvalue weighted by Crippen LogP contribution is 2.20. The van der Waals surface area contributed by atoms with Crippen molar-refractivity contribution in [2.45, 2.75) is 19.9 Å². The first-order valence-corrected chi connectivity index (χ1v) is 6.77. The van der Waals surface area contributed by atoms with Crippen LogP contribution in [0.5, 0.6) is 0 Å². The van der Waals surface area contributed by atoms with Gasteiger partial charge in [-0.3, -0.25) is 0 Å². The highest BCUT2D eigenvalue weighted by molar-refractivity contribution is 5.60. The molecular weight excluding hydrogens is 250 g/mol. The second-order valence-electron chi connectivity index (χ2n) is 4.54. The lowest BCUT2D eigenvalue weighted by Gasteiger charge is -2.10. The molecule has 0 spiro atoms. The van der Waals surface area contributed by atoms with E-state index in [9.17, 15) is 0 Å². The molecule has 0 amide bonds. The van der Waals surface area contributed by atoms with Gasteiger partial charge in [-0.15, -0.1) is 0 Å². The standard InChI is InChI=1S/C16H17N3O/c1-2-13-8-9-14(20-13)12-17-15-6-3-4-7-16(15)19-11-5-10-18-19/h3-11,17H,2,12H2,1H3. The molecule has 0 aliphatic rings. The molecule has 0 radical (unpaired) electrons. The zero-order valence-corrected chi connectivity index (χ0v) is 11.4. The van der Waals surface area contributed by atoms with Crippen molar-refractivity contribution in [3.8, 4) is 5.69 Å². The Hall–Kier alpha value is -2.49. The van der Waals surface area contributed by atoms with Gasteiger partial charge in [-0.25, -0.2) is 4.68 Å². The van der Waals surface area contributed by atoms with E-state index in [4.69, 9.17) is 4.42 Å². The highest BCUT2D eigenvalue weighted by Gasteiger charge is 2.05. The highest BCUT2D eigenvalue weighted by atomic mass is 16.3. The van der Waals surface area contributed by atoms with Gasteiger partial charge in [0.2, 0.25) is 0 Å². The van der Waals surface area contributed by atoms with E-state index in [0.29, 0.717) is 6.54 Å². The minimum atomic E-state index is 0.665. The van der Waals surface area contributed by atoms with Crippen LogP contribution in [0.15, 0.2) is 59.3 Å². The van der Waals surface area contributed by atoms with Crippen LogP contribution in [0.25, 0.3) is 5.69 Å². The van der Waals surface area contributed by atoms with E-state index in [1.807, 2.05) is 53.3 Å². The number of hydrogen-bond acceptors (Lipinski definition) is 3. The van der Waals surface area contributed by atoms with E-state index in [1.165, 1.54) is 0 Å². The van der Waals surface area contributed by atoms with E-state index in [1.54, 1.807) is 6.20 Å². The molecule has 1 aromatic carbocycles. The molecule has 0 saturated heterocycles. The van der Waals surface area contributed by atoms with Gasteiger partial charge in [-0.2, -0.15) is 5.10 Å². The van der Waals surface area contributed by atoms with Crippen molar-refractivity contribution in [3.63, 3.8) is 0 Å². The third kappa shape index (κ3) is 2.59. The zero-order chi connectivity index (χ0) is 13.8. The molecule has 20 heavy (non-hydrogen) atoms. The predicted molar refractivity (Wildman–Crippen MR) is 79.0 cm³/mol. The van der Waals surface area contributed by atoms with Crippen LogP contribution in [0.3, 0.4) is 0 Å². The largest absolute Gasteiger partial charge is 0.464 e. The average Bonchev–Trinajstić information content (AvgIpc) is 3.17. The summed E-state index contributed by atoms with van der Waals surface area (Å²) < 4.78 is 7.55. The van der Waals surface area contributed by atoms with Crippen LogP contribution >= 0.6 is 0 Å². The number of nitrogens with zero attached hydrogens (tertiary/aromatic N) is 2. The molecule has 0 aliphatic heterocycles. The Morgan fingerprint density at radius 1 is 1.10 bits per heavy atom. The topological polar surface area (TPSA) is 43.0 Å². The minimum Gasteiger partial charge on any atom is -0.464 e. The van der Waals surface area contributed by atoms with Crippen LogP contribution in [0.1, 0.15) is 18.4 Å². The van der Waals surface area contributed by atoms with E-state index in [-0.39, 0.29) is 0 Å². The molecule has 102 valence electrons. The molecule has 4 nitrogen and oxygen atoms in total. The number of furan rings is 1. The van der Waals surface area contributed by atoms with Crippen LogP contribution in [0.4, 0.5) is 5.69 Å². The van der Waals surface area contributed by atoms with Crippen LogP contribution in [-0.2, 0) is 13.0 Å². The Bertz CT molecular complexity index is 671. The first-order valence-electron chi connectivity index (χ1n) is 6.77. The maximum Gasteiger partial charge on any atom is 0.123 e. The van der Waals surface area contributed by atoms with Gasteiger partial charge in [0.15, 0.2) is 0 Å². The van der Waals surface area contributed by atoms with Crippen molar-refractivity contribution >= 4 is 5.69 Å². The van der Waals surface area contributed by atoms with Crippen molar-refractivity contribution < 1.29 is 4.42 Å². The van der Waals surface area contributed by atoms with Crippen molar-refractivity contribution in [2.24, 2.45) is 0 Å². The van der Waals surface area contributed by atoms with E-state index in [2.05, 4.69) is 17.3 Å². The third-order valence-corrected chi connectivity index (χ3v) is 3.17. The number of rotatable bonds is 5. The molecule has 0 atom stereocenters. The van der Waals surface area contributed by atoms with Crippen LogP contribution in [-0.4, -0.2) is 9.78 Å². The number of benzene rings is 1. The Kier molecular flexibility index (Phi) is 3.54. The van der Waals surface area contributed by atoms with E-state index < -0.39 is 0 Å². The summed E-state index contributed by atoms with van der Waals surface area (Å²) in [6.07, 6.45) is 4.63. The molecule has 2 heterocycles. The maximum atomic E-state index is 5.70. The second-order valence-corrected chi connectivity index (χ2v) is 4.54. The number of para-hydroxylation sites is 2. The summed E-state index contributed by atoms with van der Waals surface area (Å²) in [5, 5.41) is 7.67. The SMILES string of the molecule is CCc1ccc(CNc2ccccc2-n2cccn2)o1. The Labute approximate surface area is 118 Å². The van der Waals surface area contributed by atoms with Gasteiger partial charge in [-0.1, -0.05) is 19.1 Å². The average molecular weight is 267 g/mol. The second kappa shape index (κ2) is 5.65. The van der Waals surface area contributed by atoms with E-state index in [0.717, 1.165) is 29.3 Å². The monoisotopic (exact) mass is 267 g/mol. The number of anilines is 1. The fraction of sp³-hybridized carbons (Fsp3) is 0.188. The first kappa shape index (κ1) is 12.5. The summed E-state index contributed by atoms with van der Waals surface area (Å²) in [4.78, 5) is 0. The van der Waals surface area contributed by atoms with Gasteiger partial charge in [0, 0.05) is 18.8 Å². The first-order chi connectivity index (χ1) is 9.86. The van der Waals surface area contributed by atoms with Crippen molar-refractivity contribution in [2.75, 3.05) is 5.32 Å². The molecule has 3 aromatic rings. The van der Waals surface area contributed by atoms with Crippen molar-refractivity contribution in [3.05, 3.63) is 66.4 Å².